The Balaban J connectivity index is 1.89. The summed E-state index contributed by atoms with van der Waals surface area (Å²) in [4.78, 5) is 2.52. The Hall–Kier alpha value is -0.960. The highest BCUT2D eigenvalue weighted by molar-refractivity contribution is 7.99. The molecule has 104 valence electrons. The molecule has 0 amide bonds. The molecule has 0 fully saturated rings. The van der Waals surface area contributed by atoms with Crippen molar-refractivity contribution < 1.29 is 0 Å². The van der Waals surface area contributed by atoms with E-state index in [-0.39, 0.29) is 0 Å². The molecule has 20 heavy (non-hydrogen) atoms. The second-order valence-electron chi connectivity index (χ2n) is 5.14. The summed E-state index contributed by atoms with van der Waals surface area (Å²) in [7, 11) is 0. The predicted molar refractivity (Wildman–Crippen MR) is 86.8 cm³/mol. The third-order valence-electron chi connectivity index (χ3n) is 3.77. The maximum Gasteiger partial charge on any atom is 0.0449 e. The molecule has 2 aromatic carbocycles. The van der Waals surface area contributed by atoms with Crippen LogP contribution in [-0.2, 0) is 19.3 Å². The Kier molecular flexibility index (Phi) is 4.35. The molecule has 0 bridgehead atoms. The first-order valence-electron chi connectivity index (χ1n) is 7.05. The van der Waals surface area contributed by atoms with Crippen LogP contribution in [0.1, 0.15) is 23.1 Å². The average molecular weight is 304 g/mol. The van der Waals surface area contributed by atoms with Crippen molar-refractivity contribution in [3.63, 3.8) is 0 Å². The standard InChI is InChI=1S/C17H18ClNS/c18-16-5-2-6-17(15(16)9-10-19)20-14-8-7-12-3-1-4-13(12)11-14/h2,5-8,11H,1,3-4,9-10,19H2. The Morgan fingerprint density at radius 2 is 1.95 bits per heavy atom. The van der Waals surface area contributed by atoms with Crippen LogP contribution in [-0.4, -0.2) is 6.54 Å². The number of nitrogens with two attached hydrogens (primary N) is 1. The molecular weight excluding hydrogens is 286 g/mol. The topological polar surface area (TPSA) is 26.0 Å². The Morgan fingerprint density at radius 1 is 1.10 bits per heavy atom. The molecular formula is C17H18ClNS. The number of halogens is 1. The van der Waals surface area contributed by atoms with E-state index in [4.69, 9.17) is 17.3 Å². The molecule has 0 aliphatic heterocycles. The maximum atomic E-state index is 6.30. The molecule has 0 atom stereocenters. The van der Waals surface area contributed by atoms with Crippen molar-refractivity contribution in [1.29, 1.82) is 0 Å². The molecule has 1 aliphatic carbocycles. The Bertz CT molecular complexity index is 624. The van der Waals surface area contributed by atoms with Gasteiger partial charge in [0.15, 0.2) is 0 Å². The van der Waals surface area contributed by atoms with Crippen LogP contribution in [0.4, 0.5) is 0 Å². The van der Waals surface area contributed by atoms with Crippen molar-refractivity contribution in [3.05, 3.63) is 58.1 Å². The van der Waals surface area contributed by atoms with Gasteiger partial charge in [0.2, 0.25) is 0 Å². The molecule has 1 aliphatic rings. The van der Waals surface area contributed by atoms with Crippen LogP contribution >= 0.6 is 23.4 Å². The minimum atomic E-state index is 0.626. The summed E-state index contributed by atoms with van der Waals surface area (Å²) in [5.74, 6) is 0. The summed E-state index contributed by atoms with van der Waals surface area (Å²) >= 11 is 8.09. The van der Waals surface area contributed by atoms with E-state index < -0.39 is 0 Å². The van der Waals surface area contributed by atoms with Gasteiger partial charge in [-0.3, -0.25) is 0 Å². The van der Waals surface area contributed by atoms with Crippen molar-refractivity contribution >= 4 is 23.4 Å². The molecule has 0 saturated heterocycles. The highest BCUT2D eigenvalue weighted by atomic mass is 35.5. The third-order valence-corrected chi connectivity index (χ3v) is 5.21. The number of fused-ring (bicyclic) bond motifs is 1. The van der Waals surface area contributed by atoms with E-state index in [1.165, 1.54) is 45.7 Å². The summed E-state index contributed by atoms with van der Waals surface area (Å²) in [6.45, 7) is 0.626. The first-order valence-corrected chi connectivity index (χ1v) is 8.24. The van der Waals surface area contributed by atoms with Crippen molar-refractivity contribution in [2.45, 2.75) is 35.5 Å². The summed E-state index contributed by atoms with van der Waals surface area (Å²) < 4.78 is 0. The van der Waals surface area contributed by atoms with Crippen LogP contribution in [0.25, 0.3) is 0 Å². The van der Waals surface area contributed by atoms with Crippen LogP contribution in [0, 0.1) is 0 Å². The second kappa shape index (κ2) is 6.21. The Labute approximate surface area is 129 Å². The van der Waals surface area contributed by atoms with Gasteiger partial charge in [-0.15, -0.1) is 0 Å². The zero-order valence-electron chi connectivity index (χ0n) is 11.4. The van der Waals surface area contributed by atoms with Gasteiger partial charge in [-0.25, -0.2) is 0 Å². The number of hydrogen-bond donors (Lipinski definition) is 1. The molecule has 3 rings (SSSR count). The lowest BCUT2D eigenvalue weighted by Gasteiger charge is -2.11. The van der Waals surface area contributed by atoms with E-state index in [1.807, 2.05) is 12.1 Å². The summed E-state index contributed by atoms with van der Waals surface area (Å²) in [6.07, 6.45) is 4.57. The van der Waals surface area contributed by atoms with Gasteiger partial charge in [0.1, 0.15) is 0 Å². The fraction of sp³-hybridized carbons (Fsp3) is 0.294. The van der Waals surface area contributed by atoms with Crippen LogP contribution in [0.5, 0.6) is 0 Å². The monoisotopic (exact) mass is 303 g/mol. The SMILES string of the molecule is NCCc1c(Cl)cccc1Sc1ccc2c(c1)CCC2. The van der Waals surface area contributed by atoms with Gasteiger partial charge < -0.3 is 5.73 Å². The van der Waals surface area contributed by atoms with Gasteiger partial charge in [0, 0.05) is 14.8 Å². The molecule has 0 saturated carbocycles. The van der Waals surface area contributed by atoms with Crippen LogP contribution in [0.3, 0.4) is 0 Å². The van der Waals surface area contributed by atoms with E-state index >= 15 is 0 Å². The zero-order valence-corrected chi connectivity index (χ0v) is 12.9. The Morgan fingerprint density at radius 3 is 2.80 bits per heavy atom. The molecule has 0 spiro atoms. The van der Waals surface area contributed by atoms with Crippen molar-refractivity contribution in [2.75, 3.05) is 6.54 Å². The van der Waals surface area contributed by atoms with E-state index in [2.05, 4.69) is 24.3 Å². The van der Waals surface area contributed by atoms with Gasteiger partial charge in [0.25, 0.3) is 0 Å². The molecule has 0 aromatic heterocycles. The summed E-state index contributed by atoms with van der Waals surface area (Å²) in [5.41, 5.74) is 9.89. The summed E-state index contributed by atoms with van der Waals surface area (Å²) in [6, 6.07) is 12.9. The largest absolute Gasteiger partial charge is 0.330 e. The highest BCUT2D eigenvalue weighted by Gasteiger charge is 2.13. The molecule has 2 aromatic rings. The fourth-order valence-corrected chi connectivity index (χ4v) is 4.16. The first-order chi connectivity index (χ1) is 9.78. The van der Waals surface area contributed by atoms with Crippen LogP contribution in [0.2, 0.25) is 5.02 Å². The quantitative estimate of drug-likeness (QED) is 0.901. The van der Waals surface area contributed by atoms with Gasteiger partial charge in [-0.2, -0.15) is 0 Å². The van der Waals surface area contributed by atoms with Crippen molar-refractivity contribution in [1.82, 2.24) is 0 Å². The third kappa shape index (κ3) is 2.88. The average Bonchev–Trinajstić information content (AvgIpc) is 2.90. The molecule has 0 unspecified atom stereocenters. The van der Waals surface area contributed by atoms with E-state index in [9.17, 15) is 0 Å². The molecule has 0 radical (unpaired) electrons. The van der Waals surface area contributed by atoms with E-state index in [0.717, 1.165) is 11.4 Å². The van der Waals surface area contributed by atoms with Gasteiger partial charge in [-0.05, 0) is 73.2 Å². The minimum absolute atomic E-state index is 0.626. The molecule has 0 heterocycles. The minimum Gasteiger partial charge on any atom is -0.330 e. The van der Waals surface area contributed by atoms with E-state index in [0.29, 0.717) is 6.54 Å². The molecule has 3 heteroatoms. The lowest BCUT2D eigenvalue weighted by molar-refractivity contribution is 0.911. The van der Waals surface area contributed by atoms with Crippen molar-refractivity contribution in [3.8, 4) is 0 Å². The smallest absolute Gasteiger partial charge is 0.0449 e. The lowest BCUT2D eigenvalue weighted by Crippen LogP contribution is -2.04. The zero-order chi connectivity index (χ0) is 13.9. The van der Waals surface area contributed by atoms with Gasteiger partial charge in [0.05, 0.1) is 0 Å². The van der Waals surface area contributed by atoms with Crippen molar-refractivity contribution in [2.24, 2.45) is 5.73 Å². The maximum absolute atomic E-state index is 6.30. The highest BCUT2D eigenvalue weighted by Crippen LogP contribution is 2.36. The number of rotatable bonds is 4. The normalized spacial score (nSPS) is 13.5. The fourth-order valence-electron chi connectivity index (χ4n) is 2.76. The lowest BCUT2D eigenvalue weighted by atomic mass is 10.1. The van der Waals surface area contributed by atoms with Gasteiger partial charge >= 0.3 is 0 Å². The first kappa shape index (κ1) is 14.0. The number of aryl methyl sites for hydroxylation is 2. The molecule has 2 N–H and O–H groups in total. The predicted octanol–water partition coefficient (Wildman–Crippen LogP) is 4.48. The molecule has 1 nitrogen and oxygen atoms in total. The number of hydrogen-bond acceptors (Lipinski definition) is 2. The van der Waals surface area contributed by atoms with Gasteiger partial charge in [-0.1, -0.05) is 35.5 Å². The van der Waals surface area contributed by atoms with Crippen LogP contribution < -0.4 is 5.73 Å². The van der Waals surface area contributed by atoms with E-state index in [1.54, 1.807) is 11.8 Å². The number of benzene rings is 2. The summed E-state index contributed by atoms with van der Waals surface area (Å²) in [5, 5.41) is 0.821. The van der Waals surface area contributed by atoms with Crippen LogP contribution in [0.15, 0.2) is 46.2 Å². The second-order valence-corrected chi connectivity index (χ2v) is 6.66.